The quantitative estimate of drug-likeness (QED) is 0.916. The van der Waals surface area contributed by atoms with Crippen molar-refractivity contribution in [1.82, 2.24) is 0 Å². The normalized spacial score (nSPS) is 15.8. The molecule has 1 unspecified atom stereocenters. The Bertz CT molecular complexity index is 678. The van der Waals surface area contributed by atoms with Gasteiger partial charge in [-0.1, -0.05) is 24.3 Å². The molecule has 1 N–H and O–H groups in total. The van der Waals surface area contributed by atoms with Gasteiger partial charge in [-0.15, -0.1) is 0 Å². The van der Waals surface area contributed by atoms with Gasteiger partial charge < -0.3 is 14.6 Å². The monoisotopic (exact) mass is 284 g/mol. The number of hydrogen-bond acceptors (Lipinski definition) is 3. The van der Waals surface area contributed by atoms with Crippen molar-refractivity contribution in [1.29, 1.82) is 0 Å². The smallest absolute Gasteiger partial charge is 0.335 e. The molecule has 0 aromatic heterocycles. The van der Waals surface area contributed by atoms with E-state index in [2.05, 4.69) is 12.1 Å². The third kappa shape index (κ3) is 2.57. The van der Waals surface area contributed by atoms with E-state index in [1.165, 1.54) is 23.3 Å². The van der Waals surface area contributed by atoms with Crippen LogP contribution in [0.2, 0.25) is 0 Å². The second-order valence-corrected chi connectivity index (χ2v) is 5.08. The molecule has 0 fully saturated rings. The van der Waals surface area contributed by atoms with E-state index in [4.69, 9.17) is 14.6 Å². The number of ether oxygens (including phenoxy) is 2. The lowest BCUT2D eigenvalue weighted by atomic mass is 9.78. The van der Waals surface area contributed by atoms with Crippen molar-refractivity contribution in [3.63, 3.8) is 0 Å². The molecule has 0 aliphatic heterocycles. The van der Waals surface area contributed by atoms with Crippen molar-refractivity contribution >= 4 is 5.97 Å². The molecule has 4 nitrogen and oxygen atoms in total. The molecule has 0 radical (unpaired) electrons. The maximum atomic E-state index is 11.0. The lowest BCUT2D eigenvalue weighted by molar-refractivity contribution is 0.0696. The van der Waals surface area contributed by atoms with E-state index < -0.39 is 5.97 Å². The van der Waals surface area contributed by atoms with Gasteiger partial charge >= 0.3 is 5.97 Å². The van der Waals surface area contributed by atoms with Crippen LogP contribution in [-0.4, -0.2) is 24.8 Å². The van der Waals surface area contributed by atoms with Crippen LogP contribution in [0, 0.1) is 0 Å². The highest BCUT2D eigenvalue weighted by molar-refractivity contribution is 5.88. The van der Waals surface area contributed by atoms with Gasteiger partial charge in [0.15, 0.2) is 11.5 Å². The molecule has 21 heavy (non-hydrogen) atoms. The average Bonchev–Trinajstić information content (AvgIpc) is 2.48. The minimum Gasteiger partial charge on any atom is -0.493 e. The summed E-state index contributed by atoms with van der Waals surface area (Å²) in [7, 11) is 1.54. The SMILES string of the molecule is COc1ccc(C(=O)O)cc1OCC1Cc2ccccc21. The van der Waals surface area contributed by atoms with Crippen LogP contribution in [0.1, 0.15) is 27.4 Å². The van der Waals surface area contributed by atoms with Gasteiger partial charge in [0.1, 0.15) is 0 Å². The van der Waals surface area contributed by atoms with E-state index >= 15 is 0 Å². The molecule has 3 rings (SSSR count). The number of carboxylic acid groups (broad SMARTS) is 1. The zero-order valence-corrected chi connectivity index (χ0v) is 11.7. The highest BCUT2D eigenvalue weighted by Gasteiger charge is 2.26. The first kappa shape index (κ1) is 13.5. The van der Waals surface area contributed by atoms with E-state index in [0.29, 0.717) is 24.0 Å². The number of rotatable bonds is 5. The third-order valence-corrected chi connectivity index (χ3v) is 3.81. The van der Waals surface area contributed by atoms with Crippen LogP contribution in [0.15, 0.2) is 42.5 Å². The maximum absolute atomic E-state index is 11.0. The zero-order valence-electron chi connectivity index (χ0n) is 11.7. The van der Waals surface area contributed by atoms with Gasteiger partial charge in [-0.05, 0) is 35.7 Å². The van der Waals surface area contributed by atoms with Crippen LogP contribution >= 0.6 is 0 Å². The van der Waals surface area contributed by atoms with Crippen molar-refractivity contribution in [3.05, 3.63) is 59.2 Å². The van der Waals surface area contributed by atoms with Crippen molar-refractivity contribution in [2.24, 2.45) is 0 Å². The van der Waals surface area contributed by atoms with E-state index in [1.807, 2.05) is 12.1 Å². The molecule has 1 aliphatic carbocycles. The fraction of sp³-hybridized carbons (Fsp3) is 0.235. The highest BCUT2D eigenvalue weighted by atomic mass is 16.5. The Morgan fingerprint density at radius 1 is 1.24 bits per heavy atom. The topological polar surface area (TPSA) is 55.8 Å². The molecule has 0 spiro atoms. The molecule has 0 amide bonds. The summed E-state index contributed by atoms with van der Waals surface area (Å²) in [6.07, 6.45) is 0.997. The van der Waals surface area contributed by atoms with Crippen LogP contribution in [0.3, 0.4) is 0 Å². The molecular weight excluding hydrogens is 268 g/mol. The van der Waals surface area contributed by atoms with Crippen LogP contribution in [0.25, 0.3) is 0 Å². The Balaban J connectivity index is 1.73. The van der Waals surface area contributed by atoms with Crippen molar-refractivity contribution in [3.8, 4) is 11.5 Å². The largest absolute Gasteiger partial charge is 0.493 e. The Hall–Kier alpha value is -2.49. The number of carbonyl (C=O) groups is 1. The Kier molecular flexibility index (Phi) is 3.52. The lowest BCUT2D eigenvalue weighted by Gasteiger charge is -2.30. The molecule has 4 heteroatoms. The fourth-order valence-corrected chi connectivity index (χ4v) is 2.62. The molecule has 0 bridgehead atoms. The molecule has 2 aromatic carbocycles. The molecule has 0 heterocycles. The van der Waals surface area contributed by atoms with Gasteiger partial charge in [0, 0.05) is 5.92 Å². The average molecular weight is 284 g/mol. The number of fused-ring (bicyclic) bond motifs is 1. The van der Waals surface area contributed by atoms with Crippen molar-refractivity contribution < 1.29 is 19.4 Å². The minimum absolute atomic E-state index is 0.194. The number of methoxy groups -OCH3 is 1. The first-order chi connectivity index (χ1) is 10.2. The second kappa shape index (κ2) is 5.48. The van der Waals surface area contributed by atoms with Gasteiger partial charge in [-0.2, -0.15) is 0 Å². The second-order valence-electron chi connectivity index (χ2n) is 5.08. The standard InChI is InChI=1S/C17H16O4/c1-20-15-7-6-12(17(18)19)9-16(15)21-10-13-8-11-4-2-3-5-14(11)13/h2-7,9,13H,8,10H2,1H3,(H,18,19). The van der Waals surface area contributed by atoms with Gasteiger partial charge in [-0.3, -0.25) is 0 Å². The van der Waals surface area contributed by atoms with E-state index in [9.17, 15) is 4.79 Å². The maximum Gasteiger partial charge on any atom is 0.335 e. The Morgan fingerprint density at radius 2 is 2.05 bits per heavy atom. The highest BCUT2D eigenvalue weighted by Crippen LogP contribution is 2.36. The van der Waals surface area contributed by atoms with Crippen LogP contribution < -0.4 is 9.47 Å². The first-order valence-electron chi connectivity index (χ1n) is 6.81. The predicted molar refractivity (Wildman–Crippen MR) is 78.3 cm³/mol. The van der Waals surface area contributed by atoms with Crippen molar-refractivity contribution in [2.75, 3.05) is 13.7 Å². The predicted octanol–water partition coefficient (Wildman–Crippen LogP) is 3.11. The number of aromatic carboxylic acids is 1. The summed E-state index contributed by atoms with van der Waals surface area (Å²) in [4.78, 5) is 11.0. The van der Waals surface area contributed by atoms with Crippen LogP contribution in [0.5, 0.6) is 11.5 Å². The minimum atomic E-state index is -0.975. The first-order valence-corrected chi connectivity index (χ1v) is 6.81. The Morgan fingerprint density at radius 3 is 2.76 bits per heavy atom. The third-order valence-electron chi connectivity index (χ3n) is 3.81. The van der Waals surface area contributed by atoms with Crippen molar-refractivity contribution in [2.45, 2.75) is 12.3 Å². The summed E-state index contributed by atoms with van der Waals surface area (Å²) in [5, 5.41) is 9.04. The zero-order chi connectivity index (χ0) is 14.8. The van der Waals surface area contributed by atoms with E-state index in [0.717, 1.165) is 6.42 Å². The molecule has 1 atom stereocenters. The Labute approximate surface area is 122 Å². The molecule has 108 valence electrons. The summed E-state index contributed by atoms with van der Waals surface area (Å²) in [5.41, 5.74) is 2.86. The van der Waals surface area contributed by atoms with Gasteiger partial charge in [-0.25, -0.2) is 4.79 Å². The van der Waals surface area contributed by atoms with Gasteiger partial charge in [0.25, 0.3) is 0 Å². The molecule has 1 aliphatic rings. The summed E-state index contributed by atoms with van der Waals surface area (Å²) in [5.74, 6) is 0.408. The van der Waals surface area contributed by atoms with Crippen LogP contribution in [0.4, 0.5) is 0 Å². The summed E-state index contributed by atoms with van der Waals surface area (Å²) < 4.78 is 11.0. The summed E-state index contributed by atoms with van der Waals surface area (Å²) in [6, 6.07) is 12.9. The lowest BCUT2D eigenvalue weighted by Crippen LogP contribution is -2.23. The fourth-order valence-electron chi connectivity index (χ4n) is 2.62. The number of carboxylic acids is 1. The summed E-state index contributed by atoms with van der Waals surface area (Å²) >= 11 is 0. The van der Waals surface area contributed by atoms with E-state index in [1.54, 1.807) is 13.2 Å². The molecule has 0 saturated carbocycles. The van der Waals surface area contributed by atoms with Gasteiger partial charge in [0.2, 0.25) is 0 Å². The summed E-state index contributed by atoms with van der Waals surface area (Å²) in [6.45, 7) is 0.524. The van der Waals surface area contributed by atoms with Crippen LogP contribution in [-0.2, 0) is 6.42 Å². The molecular formula is C17H16O4. The number of hydrogen-bond donors (Lipinski definition) is 1. The van der Waals surface area contributed by atoms with E-state index in [-0.39, 0.29) is 5.56 Å². The molecule has 2 aromatic rings. The number of benzene rings is 2. The van der Waals surface area contributed by atoms with Gasteiger partial charge in [0.05, 0.1) is 19.3 Å². The molecule has 0 saturated heterocycles.